The third kappa shape index (κ3) is 1.80. The maximum atomic E-state index is 8.74. The van der Waals surface area contributed by atoms with Crippen molar-refractivity contribution in [1.29, 1.82) is 5.26 Å². The summed E-state index contributed by atoms with van der Waals surface area (Å²) in [5.74, 6) is 0. The molecular weight excluding hydrogens is 182 g/mol. The Labute approximate surface area is 91.0 Å². The molecule has 0 atom stereocenters. The summed E-state index contributed by atoms with van der Waals surface area (Å²) in [7, 11) is 0. The molecule has 1 nitrogen and oxygen atoms in total. The zero-order valence-electron chi connectivity index (χ0n) is 9.30. The minimum absolute atomic E-state index is 1.04. The molecule has 1 aromatic rings. The van der Waals surface area contributed by atoms with Crippen LogP contribution in [0, 0.1) is 25.2 Å². The van der Waals surface area contributed by atoms with Crippen LogP contribution in [0.2, 0.25) is 0 Å². The Bertz CT molecular complexity index is 461. The van der Waals surface area contributed by atoms with Crippen molar-refractivity contribution in [1.82, 2.24) is 0 Å². The molecule has 0 heterocycles. The molecule has 0 radical (unpaired) electrons. The van der Waals surface area contributed by atoms with E-state index in [1.807, 2.05) is 0 Å². The third-order valence-corrected chi connectivity index (χ3v) is 3.20. The number of aryl methyl sites for hydroxylation is 3. The van der Waals surface area contributed by atoms with Crippen LogP contribution in [0.5, 0.6) is 0 Å². The lowest BCUT2D eigenvalue weighted by Crippen LogP contribution is -2.03. The van der Waals surface area contributed by atoms with Crippen LogP contribution >= 0.6 is 0 Å². The monoisotopic (exact) mass is 197 g/mol. The Kier molecular flexibility index (Phi) is 2.60. The van der Waals surface area contributed by atoms with Gasteiger partial charge in [-0.3, -0.25) is 0 Å². The van der Waals surface area contributed by atoms with Crippen LogP contribution in [0.15, 0.2) is 18.2 Å². The van der Waals surface area contributed by atoms with Crippen molar-refractivity contribution in [2.45, 2.75) is 33.1 Å². The van der Waals surface area contributed by atoms with Crippen molar-refractivity contribution in [3.8, 4) is 6.07 Å². The topological polar surface area (TPSA) is 23.8 Å². The summed E-state index contributed by atoms with van der Waals surface area (Å²) >= 11 is 0. The predicted molar refractivity (Wildman–Crippen MR) is 62.4 cm³/mol. The van der Waals surface area contributed by atoms with Gasteiger partial charge in [-0.05, 0) is 60.9 Å². The number of hydrogen-bond acceptors (Lipinski definition) is 1. The molecule has 0 bridgehead atoms. The van der Waals surface area contributed by atoms with Crippen LogP contribution in [0.4, 0.5) is 0 Å². The molecule has 0 aromatic heterocycles. The minimum atomic E-state index is 1.04. The second kappa shape index (κ2) is 3.90. The summed E-state index contributed by atoms with van der Waals surface area (Å²) in [6, 6.07) is 6.65. The van der Waals surface area contributed by atoms with E-state index in [4.69, 9.17) is 5.26 Å². The average Bonchev–Trinajstić information content (AvgIpc) is 2.21. The highest BCUT2D eigenvalue weighted by atomic mass is 14.2. The second-order valence-electron chi connectivity index (χ2n) is 4.25. The summed E-state index contributed by atoms with van der Waals surface area (Å²) in [4.78, 5) is 0. The Morgan fingerprint density at radius 2 is 1.93 bits per heavy atom. The van der Waals surface area contributed by atoms with Gasteiger partial charge < -0.3 is 0 Å². The quantitative estimate of drug-likeness (QED) is 0.583. The van der Waals surface area contributed by atoms with E-state index in [9.17, 15) is 0 Å². The molecule has 0 saturated heterocycles. The van der Waals surface area contributed by atoms with Gasteiger partial charge in [-0.25, -0.2) is 0 Å². The summed E-state index contributed by atoms with van der Waals surface area (Å²) < 4.78 is 0. The standard InChI is InChI=1S/C14H15N/c1-10-8-13-5-3-4-12(6-7-15)14(13)9-11(10)2/h6,8-9H,3-5H2,1-2H3. The van der Waals surface area contributed by atoms with Crippen molar-refractivity contribution in [2.75, 3.05) is 0 Å². The molecule has 0 saturated carbocycles. The number of nitriles is 1. The van der Waals surface area contributed by atoms with Crippen molar-refractivity contribution in [3.05, 3.63) is 40.5 Å². The van der Waals surface area contributed by atoms with Crippen molar-refractivity contribution >= 4 is 5.57 Å². The molecule has 0 spiro atoms. The van der Waals surface area contributed by atoms with Gasteiger partial charge in [-0.2, -0.15) is 5.26 Å². The minimum Gasteiger partial charge on any atom is -0.193 e. The molecular formula is C14H15N. The van der Waals surface area contributed by atoms with E-state index in [0.29, 0.717) is 0 Å². The van der Waals surface area contributed by atoms with E-state index >= 15 is 0 Å². The second-order valence-corrected chi connectivity index (χ2v) is 4.25. The first-order chi connectivity index (χ1) is 7.22. The molecule has 0 aliphatic heterocycles. The first-order valence-electron chi connectivity index (χ1n) is 5.41. The fourth-order valence-corrected chi connectivity index (χ4v) is 2.21. The lowest BCUT2D eigenvalue weighted by atomic mass is 9.85. The molecule has 1 aliphatic rings. The highest BCUT2D eigenvalue weighted by Gasteiger charge is 2.14. The molecule has 2 rings (SSSR count). The lowest BCUT2D eigenvalue weighted by molar-refractivity contribution is 0.820. The summed E-state index contributed by atoms with van der Waals surface area (Å²) in [6.07, 6.45) is 5.07. The first kappa shape index (κ1) is 9.98. The van der Waals surface area contributed by atoms with Crippen molar-refractivity contribution in [2.24, 2.45) is 0 Å². The highest BCUT2D eigenvalue weighted by molar-refractivity contribution is 5.72. The maximum absolute atomic E-state index is 8.74. The Morgan fingerprint density at radius 3 is 2.67 bits per heavy atom. The smallest absolute Gasteiger partial charge is 0.0915 e. The van der Waals surface area contributed by atoms with Gasteiger partial charge in [0, 0.05) is 6.08 Å². The molecule has 1 aromatic carbocycles. The SMILES string of the molecule is Cc1cc2c(cc1C)C(=CC#N)CCC2. The molecule has 0 fully saturated rings. The zero-order valence-corrected chi connectivity index (χ0v) is 9.30. The highest BCUT2D eigenvalue weighted by Crippen LogP contribution is 2.32. The van der Waals surface area contributed by atoms with Gasteiger partial charge in [0.1, 0.15) is 0 Å². The van der Waals surface area contributed by atoms with Crippen LogP contribution in [-0.2, 0) is 6.42 Å². The van der Waals surface area contributed by atoms with Crippen LogP contribution < -0.4 is 0 Å². The van der Waals surface area contributed by atoms with Crippen molar-refractivity contribution in [3.63, 3.8) is 0 Å². The summed E-state index contributed by atoms with van der Waals surface area (Å²) in [6.45, 7) is 4.28. The molecule has 76 valence electrons. The Hall–Kier alpha value is -1.55. The van der Waals surface area contributed by atoms with E-state index in [1.165, 1.54) is 34.2 Å². The van der Waals surface area contributed by atoms with E-state index in [2.05, 4.69) is 32.0 Å². The number of rotatable bonds is 0. The maximum Gasteiger partial charge on any atom is 0.0915 e. The number of hydrogen-bond donors (Lipinski definition) is 0. The van der Waals surface area contributed by atoms with Crippen LogP contribution in [0.25, 0.3) is 5.57 Å². The van der Waals surface area contributed by atoms with Gasteiger partial charge in [0.2, 0.25) is 0 Å². The number of benzene rings is 1. The largest absolute Gasteiger partial charge is 0.193 e. The summed E-state index contributed by atoms with van der Waals surface area (Å²) in [5, 5.41) is 8.74. The molecule has 0 unspecified atom stereocenters. The van der Waals surface area contributed by atoms with E-state index in [-0.39, 0.29) is 0 Å². The molecule has 15 heavy (non-hydrogen) atoms. The molecule has 1 heteroatoms. The van der Waals surface area contributed by atoms with Crippen LogP contribution in [-0.4, -0.2) is 0 Å². The van der Waals surface area contributed by atoms with E-state index < -0.39 is 0 Å². The number of fused-ring (bicyclic) bond motifs is 1. The fraction of sp³-hybridized carbons (Fsp3) is 0.357. The molecule has 0 N–H and O–H groups in total. The van der Waals surface area contributed by atoms with Gasteiger partial charge in [0.25, 0.3) is 0 Å². The predicted octanol–water partition coefficient (Wildman–Crippen LogP) is 3.55. The third-order valence-electron chi connectivity index (χ3n) is 3.20. The van der Waals surface area contributed by atoms with Gasteiger partial charge >= 0.3 is 0 Å². The zero-order chi connectivity index (χ0) is 10.8. The van der Waals surface area contributed by atoms with Crippen LogP contribution in [0.3, 0.4) is 0 Å². The normalized spacial score (nSPS) is 17.3. The average molecular weight is 197 g/mol. The molecule has 1 aliphatic carbocycles. The Balaban J connectivity index is 2.58. The van der Waals surface area contributed by atoms with Gasteiger partial charge in [0.05, 0.1) is 6.07 Å². The van der Waals surface area contributed by atoms with Gasteiger partial charge in [0.15, 0.2) is 0 Å². The van der Waals surface area contributed by atoms with E-state index in [0.717, 1.165) is 12.8 Å². The first-order valence-corrected chi connectivity index (χ1v) is 5.41. The summed E-state index contributed by atoms with van der Waals surface area (Å²) in [5.41, 5.74) is 6.59. The van der Waals surface area contributed by atoms with Crippen LogP contribution in [0.1, 0.15) is 35.1 Å². The number of nitrogens with zero attached hydrogens (tertiary/aromatic N) is 1. The van der Waals surface area contributed by atoms with Gasteiger partial charge in [-0.15, -0.1) is 0 Å². The van der Waals surface area contributed by atoms with E-state index in [1.54, 1.807) is 6.08 Å². The fourth-order valence-electron chi connectivity index (χ4n) is 2.21. The molecule has 0 amide bonds. The lowest BCUT2D eigenvalue weighted by Gasteiger charge is -2.20. The van der Waals surface area contributed by atoms with Crippen molar-refractivity contribution < 1.29 is 0 Å². The number of allylic oxidation sites excluding steroid dienone is 2. The van der Waals surface area contributed by atoms with Gasteiger partial charge in [-0.1, -0.05) is 12.1 Å². The Morgan fingerprint density at radius 1 is 1.20 bits per heavy atom.